The summed E-state index contributed by atoms with van der Waals surface area (Å²) in [5.74, 6) is -1.48. The first kappa shape index (κ1) is 14.5. The van der Waals surface area contributed by atoms with Crippen LogP contribution in [0.25, 0.3) is 0 Å². The molecule has 0 aliphatic carbocycles. The molecule has 1 aromatic rings. The molecular formula is C14H18N2O4. The van der Waals surface area contributed by atoms with Gasteiger partial charge in [0.1, 0.15) is 6.04 Å². The van der Waals surface area contributed by atoms with Crippen LogP contribution in [0.3, 0.4) is 0 Å². The van der Waals surface area contributed by atoms with Crippen molar-refractivity contribution in [3.8, 4) is 0 Å². The third kappa shape index (κ3) is 3.34. The second-order valence-corrected chi connectivity index (χ2v) is 4.82. The lowest BCUT2D eigenvalue weighted by Gasteiger charge is -2.26. The van der Waals surface area contributed by atoms with E-state index in [1.165, 1.54) is 0 Å². The Morgan fingerprint density at radius 1 is 1.35 bits per heavy atom. The first-order valence-electron chi connectivity index (χ1n) is 6.56. The van der Waals surface area contributed by atoms with E-state index in [1.54, 1.807) is 0 Å². The molecule has 1 heterocycles. The molecular weight excluding hydrogens is 260 g/mol. The molecule has 4 N–H and O–H groups in total. The molecule has 2 rings (SSSR count). The lowest BCUT2D eigenvalue weighted by atomic mass is 9.95. The predicted molar refractivity (Wildman–Crippen MR) is 72.0 cm³/mol. The molecule has 6 nitrogen and oxygen atoms in total. The van der Waals surface area contributed by atoms with E-state index in [9.17, 15) is 9.59 Å². The third-order valence-electron chi connectivity index (χ3n) is 3.43. The molecule has 1 amide bonds. The van der Waals surface area contributed by atoms with Gasteiger partial charge in [-0.05, 0) is 17.5 Å². The van der Waals surface area contributed by atoms with Gasteiger partial charge in [-0.3, -0.25) is 4.79 Å². The maximum absolute atomic E-state index is 12.1. The summed E-state index contributed by atoms with van der Waals surface area (Å²) in [6, 6.07) is 6.35. The number of hydrogen-bond donors (Lipinski definition) is 4. The monoisotopic (exact) mass is 278 g/mol. The van der Waals surface area contributed by atoms with Gasteiger partial charge < -0.3 is 20.8 Å². The normalized spacial score (nSPS) is 18.9. The minimum Gasteiger partial charge on any atom is -0.480 e. The number of hydrogen-bond acceptors (Lipinski definition) is 4. The topological polar surface area (TPSA) is 98.7 Å². The van der Waals surface area contributed by atoms with Crippen molar-refractivity contribution in [2.24, 2.45) is 0 Å². The SMILES string of the molecule is O=C(O)[C@H](CCO)NC(=O)[C@H]1Cc2ccccc2CN1. The summed E-state index contributed by atoms with van der Waals surface area (Å²) in [4.78, 5) is 23.0. The van der Waals surface area contributed by atoms with Crippen molar-refractivity contribution >= 4 is 11.9 Å². The number of aliphatic hydroxyl groups excluding tert-OH is 1. The number of benzene rings is 1. The Morgan fingerprint density at radius 3 is 2.70 bits per heavy atom. The van der Waals surface area contributed by atoms with Crippen molar-refractivity contribution in [2.75, 3.05) is 6.61 Å². The van der Waals surface area contributed by atoms with E-state index in [-0.39, 0.29) is 18.9 Å². The number of nitrogens with one attached hydrogen (secondary N) is 2. The van der Waals surface area contributed by atoms with Gasteiger partial charge >= 0.3 is 5.97 Å². The largest absolute Gasteiger partial charge is 0.480 e. The fourth-order valence-electron chi connectivity index (χ4n) is 2.30. The molecule has 0 unspecified atom stereocenters. The first-order chi connectivity index (χ1) is 9.61. The van der Waals surface area contributed by atoms with Crippen molar-refractivity contribution in [3.63, 3.8) is 0 Å². The summed E-state index contributed by atoms with van der Waals surface area (Å²) in [6.07, 6.45) is 0.540. The standard InChI is InChI=1S/C14H18N2O4/c17-6-5-11(14(19)20)16-13(18)12-7-9-3-1-2-4-10(9)8-15-12/h1-4,11-12,15,17H,5-8H2,(H,16,18)(H,19,20)/t11-,12+/m0/s1. The van der Waals surface area contributed by atoms with E-state index in [4.69, 9.17) is 10.2 Å². The number of aliphatic carboxylic acids is 1. The molecule has 6 heteroatoms. The molecule has 1 aliphatic heterocycles. The molecule has 0 fully saturated rings. The highest BCUT2D eigenvalue weighted by Gasteiger charge is 2.27. The van der Waals surface area contributed by atoms with Crippen molar-refractivity contribution in [1.82, 2.24) is 10.6 Å². The molecule has 0 spiro atoms. The van der Waals surface area contributed by atoms with E-state index < -0.39 is 18.1 Å². The molecule has 20 heavy (non-hydrogen) atoms. The van der Waals surface area contributed by atoms with Gasteiger partial charge in [0.15, 0.2) is 0 Å². The quantitative estimate of drug-likeness (QED) is 0.590. The summed E-state index contributed by atoms with van der Waals surface area (Å²) >= 11 is 0. The predicted octanol–water partition coefficient (Wildman–Crippen LogP) is -0.347. The maximum atomic E-state index is 12.1. The van der Waals surface area contributed by atoms with Crippen molar-refractivity contribution in [2.45, 2.75) is 31.5 Å². The van der Waals surface area contributed by atoms with Gasteiger partial charge in [-0.25, -0.2) is 4.79 Å². The molecule has 1 aromatic carbocycles. The number of aliphatic hydroxyl groups is 1. The zero-order valence-electron chi connectivity index (χ0n) is 11.0. The van der Waals surface area contributed by atoms with Crippen LogP contribution in [0.4, 0.5) is 0 Å². The Hall–Kier alpha value is -1.92. The molecule has 108 valence electrons. The van der Waals surface area contributed by atoms with E-state index in [0.29, 0.717) is 13.0 Å². The van der Waals surface area contributed by atoms with Gasteiger partial charge in [-0.2, -0.15) is 0 Å². The number of carboxylic acids is 1. The smallest absolute Gasteiger partial charge is 0.326 e. The van der Waals surface area contributed by atoms with E-state index in [1.807, 2.05) is 24.3 Å². The van der Waals surface area contributed by atoms with Crippen molar-refractivity contribution in [1.29, 1.82) is 0 Å². The number of carbonyl (C=O) groups is 2. The molecule has 2 atom stereocenters. The number of fused-ring (bicyclic) bond motifs is 1. The Balaban J connectivity index is 1.99. The van der Waals surface area contributed by atoms with E-state index in [0.717, 1.165) is 11.1 Å². The highest BCUT2D eigenvalue weighted by molar-refractivity contribution is 5.87. The number of carboxylic acid groups (broad SMARTS) is 1. The Bertz CT molecular complexity index is 504. The third-order valence-corrected chi connectivity index (χ3v) is 3.43. The van der Waals surface area contributed by atoms with Gasteiger partial charge in [-0.1, -0.05) is 24.3 Å². The van der Waals surface area contributed by atoms with Crippen LogP contribution in [0.15, 0.2) is 24.3 Å². The van der Waals surface area contributed by atoms with Crippen LogP contribution in [-0.4, -0.2) is 40.8 Å². The van der Waals surface area contributed by atoms with Crippen LogP contribution in [-0.2, 0) is 22.6 Å². The fraction of sp³-hybridized carbons (Fsp3) is 0.429. The first-order valence-corrected chi connectivity index (χ1v) is 6.56. The molecule has 0 bridgehead atoms. The van der Waals surface area contributed by atoms with E-state index in [2.05, 4.69) is 10.6 Å². The second kappa shape index (κ2) is 6.49. The van der Waals surface area contributed by atoms with Gasteiger partial charge in [0, 0.05) is 19.6 Å². The Kier molecular flexibility index (Phi) is 4.70. The summed E-state index contributed by atoms with van der Waals surface area (Å²) in [7, 11) is 0. The van der Waals surface area contributed by atoms with Gasteiger partial charge in [0.25, 0.3) is 0 Å². The van der Waals surface area contributed by atoms with Crippen LogP contribution in [0.5, 0.6) is 0 Å². The van der Waals surface area contributed by atoms with Gasteiger partial charge in [0.05, 0.1) is 6.04 Å². The van der Waals surface area contributed by atoms with Gasteiger partial charge in [0.2, 0.25) is 5.91 Å². The minimum absolute atomic E-state index is 0.00435. The second-order valence-electron chi connectivity index (χ2n) is 4.82. The maximum Gasteiger partial charge on any atom is 0.326 e. The van der Waals surface area contributed by atoms with Crippen LogP contribution in [0.2, 0.25) is 0 Å². The lowest BCUT2D eigenvalue weighted by Crippen LogP contribution is -2.52. The number of amides is 1. The average Bonchev–Trinajstić information content (AvgIpc) is 2.46. The van der Waals surface area contributed by atoms with Crippen LogP contribution >= 0.6 is 0 Å². The Morgan fingerprint density at radius 2 is 2.05 bits per heavy atom. The average molecular weight is 278 g/mol. The van der Waals surface area contributed by atoms with E-state index >= 15 is 0 Å². The highest BCUT2D eigenvalue weighted by atomic mass is 16.4. The fourth-order valence-corrected chi connectivity index (χ4v) is 2.30. The van der Waals surface area contributed by atoms with Crippen molar-refractivity contribution < 1.29 is 19.8 Å². The molecule has 1 aliphatic rings. The summed E-state index contributed by atoms with van der Waals surface area (Å²) in [5.41, 5.74) is 2.25. The van der Waals surface area contributed by atoms with Gasteiger partial charge in [-0.15, -0.1) is 0 Å². The zero-order chi connectivity index (χ0) is 14.5. The number of rotatable bonds is 5. The molecule has 0 radical (unpaired) electrons. The van der Waals surface area contributed by atoms with Crippen LogP contribution < -0.4 is 10.6 Å². The molecule has 0 aromatic heterocycles. The summed E-state index contributed by atoms with van der Waals surface area (Å²) in [5, 5.41) is 23.3. The number of carbonyl (C=O) groups excluding carboxylic acids is 1. The van der Waals surface area contributed by atoms with Crippen molar-refractivity contribution in [3.05, 3.63) is 35.4 Å². The van der Waals surface area contributed by atoms with Crippen LogP contribution in [0, 0.1) is 0 Å². The summed E-state index contributed by atoms with van der Waals surface area (Å²) in [6.45, 7) is 0.310. The molecule has 0 saturated carbocycles. The van der Waals surface area contributed by atoms with Crippen LogP contribution in [0.1, 0.15) is 17.5 Å². The molecule has 0 saturated heterocycles. The Labute approximate surface area is 116 Å². The summed E-state index contributed by atoms with van der Waals surface area (Å²) < 4.78 is 0. The lowest BCUT2D eigenvalue weighted by molar-refractivity contribution is -0.142. The minimum atomic E-state index is -1.14. The highest BCUT2D eigenvalue weighted by Crippen LogP contribution is 2.16. The zero-order valence-corrected chi connectivity index (χ0v) is 11.0.